The first kappa shape index (κ1) is 13.0. The van der Waals surface area contributed by atoms with Crippen LogP contribution in [0.3, 0.4) is 0 Å². The number of phenolic OH excluding ortho intramolecular Hbond substituents is 1. The molecule has 1 aromatic rings. The third-order valence-electron chi connectivity index (χ3n) is 2.26. The summed E-state index contributed by atoms with van der Waals surface area (Å²) in [6, 6.07) is 4.08. The Balaban J connectivity index is 3.07. The number of carbonyl (C=O) groups excluding carboxylic acids is 1. The molecule has 4 nitrogen and oxygen atoms in total. The molecule has 88 valence electrons. The summed E-state index contributed by atoms with van der Waals surface area (Å²) in [7, 11) is 0. The first-order chi connectivity index (χ1) is 7.47. The van der Waals surface area contributed by atoms with Gasteiger partial charge in [-0.1, -0.05) is 6.07 Å². The van der Waals surface area contributed by atoms with Crippen LogP contribution in [0.1, 0.15) is 28.9 Å². The fraction of sp³-hybridized carbons (Fsp3) is 0.364. The number of ketones is 1. The summed E-state index contributed by atoms with van der Waals surface area (Å²) in [5.74, 6) is -0.576. The molecule has 2 unspecified atom stereocenters. The summed E-state index contributed by atoms with van der Waals surface area (Å²) >= 11 is 5.40. The monoisotopic (exact) mass is 244 g/mol. The molecule has 0 aliphatic rings. The van der Waals surface area contributed by atoms with Crippen molar-refractivity contribution in [3.63, 3.8) is 0 Å². The highest BCUT2D eigenvalue weighted by Crippen LogP contribution is 2.24. The molecule has 0 amide bonds. The zero-order valence-electron chi connectivity index (χ0n) is 8.72. The Kier molecular flexibility index (Phi) is 4.29. The number of aliphatic hydroxyl groups is 2. The lowest BCUT2D eigenvalue weighted by atomic mass is 10.0. The van der Waals surface area contributed by atoms with E-state index in [-0.39, 0.29) is 23.0 Å². The normalized spacial score (nSPS) is 14.5. The minimum absolute atomic E-state index is 0.110. The lowest BCUT2D eigenvalue weighted by Gasteiger charge is -2.16. The average molecular weight is 245 g/mol. The second-order valence-electron chi connectivity index (χ2n) is 3.50. The van der Waals surface area contributed by atoms with Crippen molar-refractivity contribution in [3.05, 3.63) is 29.3 Å². The van der Waals surface area contributed by atoms with E-state index in [1.54, 1.807) is 0 Å². The van der Waals surface area contributed by atoms with Gasteiger partial charge in [-0.2, -0.15) is 0 Å². The van der Waals surface area contributed by atoms with Crippen molar-refractivity contribution in [3.8, 4) is 5.75 Å². The van der Waals surface area contributed by atoms with Gasteiger partial charge < -0.3 is 15.3 Å². The van der Waals surface area contributed by atoms with Gasteiger partial charge in [-0.25, -0.2) is 0 Å². The van der Waals surface area contributed by atoms with Gasteiger partial charge in [-0.15, -0.1) is 11.6 Å². The quantitative estimate of drug-likeness (QED) is 0.550. The van der Waals surface area contributed by atoms with Crippen LogP contribution in [0.25, 0.3) is 0 Å². The van der Waals surface area contributed by atoms with E-state index in [4.69, 9.17) is 11.6 Å². The van der Waals surface area contributed by atoms with E-state index in [0.717, 1.165) is 0 Å². The molecule has 0 fully saturated rings. The van der Waals surface area contributed by atoms with E-state index in [2.05, 4.69) is 0 Å². The van der Waals surface area contributed by atoms with Crippen LogP contribution in [0.2, 0.25) is 0 Å². The smallest absolute Gasteiger partial charge is 0.163 e. The van der Waals surface area contributed by atoms with Crippen LogP contribution >= 0.6 is 11.6 Å². The van der Waals surface area contributed by atoms with Crippen LogP contribution in [-0.2, 0) is 0 Å². The van der Waals surface area contributed by atoms with Gasteiger partial charge >= 0.3 is 0 Å². The molecule has 1 aromatic carbocycles. The van der Waals surface area contributed by atoms with Gasteiger partial charge in [0, 0.05) is 0 Å². The largest absolute Gasteiger partial charge is 0.507 e. The van der Waals surface area contributed by atoms with Crippen LogP contribution in [-0.4, -0.2) is 33.1 Å². The fourth-order valence-electron chi connectivity index (χ4n) is 1.33. The number of alkyl halides is 1. The van der Waals surface area contributed by atoms with Crippen molar-refractivity contribution < 1.29 is 20.1 Å². The SMILES string of the molecule is CC(=O)c1cc(C(O)C(O)CCl)ccc1O. The maximum absolute atomic E-state index is 11.2. The van der Waals surface area contributed by atoms with Gasteiger partial charge in [-0.3, -0.25) is 4.79 Å². The number of hydrogen-bond acceptors (Lipinski definition) is 4. The highest BCUT2D eigenvalue weighted by atomic mass is 35.5. The minimum atomic E-state index is -1.17. The van der Waals surface area contributed by atoms with Crippen molar-refractivity contribution in [1.29, 1.82) is 0 Å². The number of phenols is 1. The number of Topliss-reactive ketones (excluding diaryl/α,β-unsaturated/α-hetero) is 1. The van der Waals surface area contributed by atoms with Gasteiger partial charge in [0.05, 0.1) is 17.5 Å². The van der Waals surface area contributed by atoms with Crippen LogP contribution in [0.5, 0.6) is 5.75 Å². The van der Waals surface area contributed by atoms with Crippen molar-refractivity contribution in [2.24, 2.45) is 0 Å². The van der Waals surface area contributed by atoms with Gasteiger partial charge in [0.2, 0.25) is 0 Å². The van der Waals surface area contributed by atoms with E-state index in [1.807, 2.05) is 0 Å². The molecule has 2 atom stereocenters. The predicted molar refractivity (Wildman–Crippen MR) is 59.8 cm³/mol. The van der Waals surface area contributed by atoms with E-state index < -0.39 is 12.2 Å². The third kappa shape index (κ3) is 2.72. The van der Waals surface area contributed by atoms with Crippen LogP contribution in [0.15, 0.2) is 18.2 Å². The minimum Gasteiger partial charge on any atom is -0.507 e. The Hall–Kier alpha value is -1.10. The molecule has 0 heterocycles. The van der Waals surface area contributed by atoms with Crippen molar-refractivity contribution in [2.45, 2.75) is 19.1 Å². The maximum atomic E-state index is 11.2. The Morgan fingerprint density at radius 3 is 2.56 bits per heavy atom. The molecule has 0 saturated heterocycles. The Morgan fingerprint density at radius 2 is 2.06 bits per heavy atom. The number of carbonyl (C=O) groups is 1. The molecule has 0 spiro atoms. The number of aliphatic hydroxyl groups excluding tert-OH is 2. The number of aromatic hydroxyl groups is 1. The summed E-state index contributed by atoms with van der Waals surface area (Å²) < 4.78 is 0. The zero-order chi connectivity index (χ0) is 12.3. The number of rotatable bonds is 4. The standard InChI is InChI=1S/C11H13ClO4/c1-6(13)8-4-7(2-3-9(8)14)11(16)10(15)5-12/h2-4,10-11,14-16H,5H2,1H3. The van der Waals surface area contributed by atoms with Gasteiger partial charge in [0.25, 0.3) is 0 Å². The molecular weight excluding hydrogens is 232 g/mol. The van der Waals surface area contributed by atoms with E-state index >= 15 is 0 Å². The molecule has 3 N–H and O–H groups in total. The average Bonchev–Trinajstić information content (AvgIpc) is 2.27. The summed E-state index contributed by atoms with van der Waals surface area (Å²) in [5.41, 5.74) is 0.453. The fourth-order valence-corrected chi connectivity index (χ4v) is 1.49. The highest BCUT2D eigenvalue weighted by molar-refractivity contribution is 6.18. The van der Waals surface area contributed by atoms with Crippen LogP contribution in [0, 0.1) is 0 Å². The molecule has 0 bridgehead atoms. The first-order valence-electron chi connectivity index (χ1n) is 4.73. The molecule has 0 radical (unpaired) electrons. The molecule has 1 rings (SSSR count). The molecule has 0 aliphatic heterocycles. The van der Waals surface area contributed by atoms with E-state index in [0.29, 0.717) is 5.56 Å². The number of halogens is 1. The molecular formula is C11H13ClO4. The number of benzene rings is 1. The second-order valence-corrected chi connectivity index (χ2v) is 3.81. The van der Waals surface area contributed by atoms with Crippen LogP contribution in [0.4, 0.5) is 0 Å². The van der Waals surface area contributed by atoms with E-state index in [9.17, 15) is 20.1 Å². The molecule has 0 aliphatic carbocycles. The molecule has 0 aromatic heterocycles. The summed E-state index contributed by atoms with van der Waals surface area (Å²) in [6.07, 6.45) is -2.28. The van der Waals surface area contributed by atoms with Crippen molar-refractivity contribution >= 4 is 17.4 Å². The first-order valence-corrected chi connectivity index (χ1v) is 5.26. The third-order valence-corrected chi connectivity index (χ3v) is 2.58. The topological polar surface area (TPSA) is 77.8 Å². The second kappa shape index (κ2) is 5.30. The molecule has 0 saturated carbocycles. The zero-order valence-corrected chi connectivity index (χ0v) is 9.48. The Morgan fingerprint density at radius 1 is 1.44 bits per heavy atom. The van der Waals surface area contributed by atoms with Gasteiger partial charge in [0.1, 0.15) is 11.9 Å². The molecule has 5 heteroatoms. The predicted octanol–water partition coefficient (Wildman–Crippen LogP) is 1.23. The maximum Gasteiger partial charge on any atom is 0.163 e. The van der Waals surface area contributed by atoms with Crippen LogP contribution < -0.4 is 0 Å². The summed E-state index contributed by atoms with van der Waals surface area (Å²) in [6.45, 7) is 1.31. The van der Waals surface area contributed by atoms with Gasteiger partial charge in [0.15, 0.2) is 5.78 Å². The Bertz CT molecular complexity index is 392. The van der Waals surface area contributed by atoms with Crippen molar-refractivity contribution in [1.82, 2.24) is 0 Å². The lowest BCUT2D eigenvalue weighted by molar-refractivity contribution is 0.0326. The highest BCUT2D eigenvalue weighted by Gasteiger charge is 2.19. The summed E-state index contributed by atoms with van der Waals surface area (Å²) in [4.78, 5) is 11.2. The number of hydrogen-bond donors (Lipinski definition) is 3. The van der Waals surface area contributed by atoms with Gasteiger partial charge in [-0.05, 0) is 24.6 Å². The molecule has 16 heavy (non-hydrogen) atoms. The van der Waals surface area contributed by atoms with Crippen molar-refractivity contribution in [2.75, 3.05) is 5.88 Å². The summed E-state index contributed by atoms with van der Waals surface area (Å²) in [5, 5.41) is 28.4. The van der Waals surface area contributed by atoms with E-state index in [1.165, 1.54) is 25.1 Å². The lowest BCUT2D eigenvalue weighted by Crippen LogP contribution is -2.19. The Labute approximate surface area is 98.1 Å².